The van der Waals surface area contributed by atoms with Crippen LogP contribution < -0.4 is 0 Å². The number of aliphatic carboxylic acids is 2. The normalized spacial score (nSPS) is 11.0. The monoisotopic (exact) mass is 202 g/mol. The predicted octanol–water partition coefficient (Wildman–Crippen LogP) is 0.921. The third-order valence-corrected chi connectivity index (χ3v) is 2.52. The van der Waals surface area contributed by atoms with E-state index in [2.05, 4.69) is 0 Å². The molecular weight excluding hydrogens is 188 g/mol. The van der Waals surface area contributed by atoms with Crippen molar-refractivity contribution in [2.24, 2.45) is 5.41 Å². The van der Waals surface area contributed by atoms with E-state index in [-0.39, 0.29) is 12.8 Å². The van der Waals surface area contributed by atoms with Gasteiger partial charge in [0.05, 0.1) is 11.8 Å². The van der Waals surface area contributed by atoms with Gasteiger partial charge in [-0.3, -0.25) is 9.59 Å². The van der Waals surface area contributed by atoms with Crippen LogP contribution in [0.3, 0.4) is 0 Å². The lowest BCUT2D eigenvalue weighted by Gasteiger charge is -2.25. The zero-order valence-electron chi connectivity index (χ0n) is 8.24. The van der Waals surface area contributed by atoms with E-state index in [4.69, 9.17) is 10.2 Å². The van der Waals surface area contributed by atoms with Crippen molar-refractivity contribution in [3.05, 3.63) is 0 Å². The van der Waals surface area contributed by atoms with Crippen LogP contribution in [0.5, 0.6) is 0 Å². The van der Waals surface area contributed by atoms with Crippen molar-refractivity contribution in [2.45, 2.75) is 33.1 Å². The Morgan fingerprint density at radius 3 is 1.71 bits per heavy atom. The van der Waals surface area contributed by atoms with Gasteiger partial charge in [-0.2, -0.15) is 0 Å². The number of carboxylic acids is 2. The minimum absolute atomic E-state index is 0.223. The minimum atomic E-state index is -1.56. The Morgan fingerprint density at radius 2 is 1.50 bits per heavy atom. The summed E-state index contributed by atoms with van der Waals surface area (Å²) in [7, 11) is 0. The van der Waals surface area contributed by atoms with Gasteiger partial charge in [-0.15, -0.1) is 0 Å². The van der Waals surface area contributed by atoms with Crippen LogP contribution in [0.25, 0.3) is 0 Å². The molecule has 0 saturated carbocycles. The van der Waals surface area contributed by atoms with Crippen LogP contribution in [-0.2, 0) is 14.4 Å². The van der Waals surface area contributed by atoms with Gasteiger partial charge >= 0.3 is 11.9 Å². The van der Waals surface area contributed by atoms with Gasteiger partial charge in [0.15, 0.2) is 0 Å². The lowest BCUT2D eigenvalue weighted by molar-refractivity contribution is -0.157. The smallest absolute Gasteiger partial charge is 0.372 e. The number of Topliss-reactive ketones (excluding diaryl/α,β-unsaturated/α-hetero) is 1. The van der Waals surface area contributed by atoms with Crippen molar-refractivity contribution < 1.29 is 24.6 Å². The lowest BCUT2D eigenvalue weighted by atomic mass is 9.75. The molecule has 0 bridgehead atoms. The van der Waals surface area contributed by atoms with E-state index in [9.17, 15) is 14.4 Å². The number of ketones is 1. The number of hydrogen-bond acceptors (Lipinski definition) is 3. The number of rotatable bonds is 6. The fourth-order valence-corrected chi connectivity index (χ4v) is 1.42. The highest BCUT2D eigenvalue weighted by atomic mass is 16.4. The van der Waals surface area contributed by atoms with Crippen LogP contribution in [-0.4, -0.2) is 27.9 Å². The van der Waals surface area contributed by atoms with Crippen molar-refractivity contribution in [3.63, 3.8) is 0 Å². The van der Waals surface area contributed by atoms with E-state index in [1.165, 1.54) is 0 Å². The molecule has 80 valence electrons. The number of carbonyl (C=O) groups is 3. The van der Waals surface area contributed by atoms with Crippen LogP contribution in [0.2, 0.25) is 0 Å². The van der Waals surface area contributed by atoms with Gasteiger partial charge in [-0.1, -0.05) is 13.8 Å². The highest BCUT2D eigenvalue weighted by Crippen LogP contribution is 2.31. The maximum atomic E-state index is 11.3. The van der Waals surface area contributed by atoms with Crippen molar-refractivity contribution in [3.8, 4) is 0 Å². The van der Waals surface area contributed by atoms with Crippen molar-refractivity contribution in [2.75, 3.05) is 0 Å². The second-order valence-electron chi connectivity index (χ2n) is 3.19. The summed E-state index contributed by atoms with van der Waals surface area (Å²) in [5.41, 5.74) is -1.25. The molecule has 0 atom stereocenters. The average Bonchev–Trinajstić information content (AvgIpc) is 2.12. The third kappa shape index (κ3) is 2.55. The summed E-state index contributed by atoms with van der Waals surface area (Å²) < 4.78 is 0. The topological polar surface area (TPSA) is 91.7 Å². The largest absolute Gasteiger partial charge is 0.481 e. The SMILES string of the molecule is CCC(CC)(CC(=O)O)C(=O)C(=O)O. The number of carbonyl (C=O) groups excluding carboxylic acids is 1. The molecule has 0 aromatic heterocycles. The molecule has 0 rings (SSSR count). The van der Waals surface area contributed by atoms with Gasteiger partial charge in [0.1, 0.15) is 0 Å². The van der Waals surface area contributed by atoms with E-state index in [1.807, 2.05) is 0 Å². The van der Waals surface area contributed by atoms with E-state index in [0.29, 0.717) is 0 Å². The predicted molar refractivity (Wildman–Crippen MR) is 47.9 cm³/mol. The van der Waals surface area contributed by atoms with Gasteiger partial charge < -0.3 is 10.2 Å². The van der Waals surface area contributed by atoms with Gasteiger partial charge in [-0.05, 0) is 12.8 Å². The molecule has 0 saturated heterocycles. The summed E-state index contributed by atoms with van der Waals surface area (Å²) in [6.07, 6.45) is 0.0208. The highest BCUT2D eigenvalue weighted by molar-refractivity contribution is 6.35. The van der Waals surface area contributed by atoms with E-state index >= 15 is 0 Å². The average molecular weight is 202 g/mol. The Balaban J connectivity index is 4.96. The molecule has 0 heterocycles. The number of carboxylic acid groups (broad SMARTS) is 2. The van der Waals surface area contributed by atoms with E-state index in [0.717, 1.165) is 0 Å². The zero-order chi connectivity index (χ0) is 11.4. The molecule has 0 aromatic rings. The molecule has 0 radical (unpaired) electrons. The molecule has 0 amide bonds. The molecule has 5 nitrogen and oxygen atoms in total. The van der Waals surface area contributed by atoms with Crippen LogP contribution in [0, 0.1) is 5.41 Å². The Labute approximate surface area is 81.7 Å². The van der Waals surface area contributed by atoms with Crippen LogP contribution >= 0.6 is 0 Å². The minimum Gasteiger partial charge on any atom is -0.481 e. The molecule has 0 unspecified atom stereocenters. The van der Waals surface area contributed by atoms with E-state index in [1.54, 1.807) is 13.8 Å². The van der Waals surface area contributed by atoms with Crippen LogP contribution in [0.4, 0.5) is 0 Å². The number of hydrogen-bond donors (Lipinski definition) is 2. The molecule has 5 heteroatoms. The fraction of sp³-hybridized carbons (Fsp3) is 0.667. The first-order chi connectivity index (χ1) is 6.39. The second kappa shape index (κ2) is 4.74. The Bertz CT molecular complexity index is 252. The van der Waals surface area contributed by atoms with Crippen LogP contribution in [0.1, 0.15) is 33.1 Å². The first-order valence-corrected chi connectivity index (χ1v) is 4.39. The van der Waals surface area contributed by atoms with Gasteiger partial charge in [0, 0.05) is 0 Å². The second-order valence-corrected chi connectivity index (χ2v) is 3.19. The van der Waals surface area contributed by atoms with Gasteiger partial charge in [-0.25, -0.2) is 4.79 Å². The summed E-state index contributed by atoms with van der Waals surface area (Å²) in [6, 6.07) is 0. The quantitative estimate of drug-likeness (QED) is 0.625. The first-order valence-electron chi connectivity index (χ1n) is 4.39. The molecule has 0 fully saturated rings. The molecule has 2 N–H and O–H groups in total. The summed E-state index contributed by atoms with van der Waals surface area (Å²) in [6.45, 7) is 3.24. The van der Waals surface area contributed by atoms with Crippen molar-refractivity contribution >= 4 is 17.7 Å². The standard InChI is InChI=1S/C9H14O5/c1-3-9(4-2,5-6(10)11)7(12)8(13)14/h3-5H2,1-2H3,(H,10,11)(H,13,14). The Morgan fingerprint density at radius 1 is 1.07 bits per heavy atom. The molecule has 0 aliphatic rings. The maximum Gasteiger partial charge on any atom is 0.372 e. The van der Waals surface area contributed by atoms with Crippen LogP contribution in [0.15, 0.2) is 0 Å². The highest BCUT2D eigenvalue weighted by Gasteiger charge is 2.40. The van der Waals surface area contributed by atoms with Gasteiger partial charge in [0.2, 0.25) is 5.78 Å². The summed E-state index contributed by atoms with van der Waals surface area (Å²) in [5, 5.41) is 17.1. The van der Waals surface area contributed by atoms with E-state index < -0.39 is 29.6 Å². The third-order valence-electron chi connectivity index (χ3n) is 2.52. The molecule has 14 heavy (non-hydrogen) atoms. The summed E-state index contributed by atoms with van der Waals surface area (Å²) >= 11 is 0. The van der Waals surface area contributed by atoms with Crippen molar-refractivity contribution in [1.29, 1.82) is 0 Å². The lowest BCUT2D eigenvalue weighted by Crippen LogP contribution is -2.37. The maximum absolute atomic E-state index is 11.3. The first kappa shape index (κ1) is 12.6. The summed E-state index contributed by atoms with van der Waals surface area (Å²) in [5.74, 6) is -3.72. The molecule has 0 aliphatic heterocycles. The molecule has 0 spiro atoms. The molecular formula is C9H14O5. The fourth-order valence-electron chi connectivity index (χ4n) is 1.42. The van der Waals surface area contributed by atoms with Crippen molar-refractivity contribution in [1.82, 2.24) is 0 Å². The zero-order valence-corrected chi connectivity index (χ0v) is 8.24. The van der Waals surface area contributed by atoms with Gasteiger partial charge in [0.25, 0.3) is 0 Å². The Hall–Kier alpha value is -1.39. The Kier molecular flexibility index (Phi) is 4.27. The molecule has 0 aromatic carbocycles. The molecule has 0 aliphatic carbocycles. The summed E-state index contributed by atoms with van der Waals surface area (Å²) in [4.78, 5) is 32.3.